The summed E-state index contributed by atoms with van der Waals surface area (Å²) in [6.07, 6.45) is 2.11. The van der Waals surface area contributed by atoms with Crippen LogP contribution in [0.4, 0.5) is 0 Å². The molecule has 4 heteroatoms. The maximum Gasteiger partial charge on any atom is 0.315 e. The second-order valence-electron chi connectivity index (χ2n) is 4.16. The third kappa shape index (κ3) is 2.71. The highest BCUT2D eigenvalue weighted by Gasteiger charge is 2.25. The first-order chi connectivity index (χ1) is 9.27. The molecule has 0 bridgehead atoms. The van der Waals surface area contributed by atoms with Gasteiger partial charge in [0.05, 0.1) is 12.8 Å². The minimum atomic E-state index is -0.481. The minimum Gasteiger partial charge on any atom is -0.469 e. The van der Waals surface area contributed by atoms with E-state index in [2.05, 4.69) is 9.83 Å². The maximum absolute atomic E-state index is 11.9. The number of fused-ring (bicyclic) bond motifs is 1. The molecule has 0 radical (unpaired) electrons. The van der Waals surface area contributed by atoms with Crippen molar-refractivity contribution in [3.05, 3.63) is 53.6 Å². The largest absolute Gasteiger partial charge is 0.469 e. The number of benzene rings is 1. The van der Waals surface area contributed by atoms with Crippen LogP contribution in [0.25, 0.3) is 15.6 Å². The molecular formula is C15H14N2O2. The predicted octanol–water partition coefficient (Wildman–Crippen LogP) is 2.80. The lowest BCUT2D eigenvalue weighted by Crippen LogP contribution is -2.16. The van der Waals surface area contributed by atoms with Crippen LogP contribution in [0.3, 0.4) is 0 Å². The second kappa shape index (κ2) is 5.96. The van der Waals surface area contributed by atoms with E-state index in [0.717, 1.165) is 10.8 Å². The Bertz CT molecular complexity index is 626. The van der Waals surface area contributed by atoms with Gasteiger partial charge in [0.2, 0.25) is 6.54 Å². The Kier molecular flexibility index (Phi) is 4.09. The van der Waals surface area contributed by atoms with Crippen molar-refractivity contribution in [2.24, 2.45) is 0 Å². The van der Waals surface area contributed by atoms with Crippen molar-refractivity contribution in [1.82, 2.24) is 4.98 Å². The fraction of sp³-hybridized carbons (Fsp3) is 0.267. The van der Waals surface area contributed by atoms with E-state index in [1.54, 1.807) is 6.20 Å². The van der Waals surface area contributed by atoms with Gasteiger partial charge in [-0.2, -0.15) is 0 Å². The molecule has 0 aliphatic carbocycles. The second-order valence-corrected chi connectivity index (χ2v) is 4.16. The normalized spacial score (nSPS) is 11.8. The molecule has 1 unspecified atom stereocenters. The van der Waals surface area contributed by atoms with Crippen LogP contribution in [0, 0.1) is 6.57 Å². The molecule has 1 aromatic carbocycles. The van der Waals surface area contributed by atoms with E-state index in [0.29, 0.717) is 12.1 Å². The molecule has 2 aromatic rings. The summed E-state index contributed by atoms with van der Waals surface area (Å²) in [5.74, 6) is -0.822. The molecule has 1 atom stereocenters. The number of carbonyl (C=O) groups is 1. The van der Waals surface area contributed by atoms with Crippen molar-refractivity contribution in [3.8, 4) is 0 Å². The zero-order valence-corrected chi connectivity index (χ0v) is 10.7. The molecule has 1 heterocycles. The lowest BCUT2D eigenvalue weighted by molar-refractivity contribution is -0.142. The molecule has 0 saturated heterocycles. The predicted molar refractivity (Wildman–Crippen MR) is 72.6 cm³/mol. The topological polar surface area (TPSA) is 43.5 Å². The number of nitrogens with zero attached hydrogens (tertiary/aromatic N) is 2. The van der Waals surface area contributed by atoms with E-state index in [1.165, 1.54) is 7.11 Å². The summed E-state index contributed by atoms with van der Waals surface area (Å²) in [4.78, 5) is 19.5. The van der Waals surface area contributed by atoms with Crippen LogP contribution in [-0.4, -0.2) is 24.6 Å². The summed E-state index contributed by atoms with van der Waals surface area (Å²) in [7, 11) is 1.36. The van der Waals surface area contributed by atoms with Crippen molar-refractivity contribution in [2.45, 2.75) is 12.3 Å². The molecule has 4 nitrogen and oxygen atoms in total. The Morgan fingerprint density at radius 1 is 1.42 bits per heavy atom. The maximum atomic E-state index is 11.9. The molecule has 0 amide bonds. The van der Waals surface area contributed by atoms with Crippen LogP contribution in [0.2, 0.25) is 0 Å². The molecule has 1 aromatic heterocycles. The molecule has 0 aliphatic heterocycles. The Labute approximate surface area is 111 Å². The van der Waals surface area contributed by atoms with Crippen LogP contribution in [0.15, 0.2) is 36.5 Å². The summed E-state index contributed by atoms with van der Waals surface area (Å²) in [5, 5.41) is 1.97. The van der Waals surface area contributed by atoms with Crippen LogP contribution < -0.4 is 0 Å². The van der Waals surface area contributed by atoms with Gasteiger partial charge < -0.3 is 9.58 Å². The molecular weight excluding hydrogens is 240 g/mol. The average molecular weight is 254 g/mol. The first-order valence-electron chi connectivity index (χ1n) is 6.02. The van der Waals surface area contributed by atoms with Crippen molar-refractivity contribution in [3.63, 3.8) is 0 Å². The highest BCUT2D eigenvalue weighted by molar-refractivity contribution is 5.89. The van der Waals surface area contributed by atoms with Crippen molar-refractivity contribution in [2.75, 3.05) is 13.7 Å². The van der Waals surface area contributed by atoms with Gasteiger partial charge in [-0.15, -0.1) is 0 Å². The smallest absolute Gasteiger partial charge is 0.315 e. The van der Waals surface area contributed by atoms with E-state index >= 15 is 0 Å². The van der Waals surface area contributed by atoms with Gasteiger partial charge in [-0.25, -0.2) is 6.57 Å². The van der Waals surface area contributed by atoms with E-state index in [9.17, 15) is 4.79 Å². The molecule has 96 valence electrons. The number of carbonyl (C=O) groups excluding carboxylic acids is 1. The van der Waals surface area contributed by atoms with Crippen molar-refractivity contribution >= 4 is 16.7 Å². The van der Waals surface area contributed by atoms with Crippen molar-refractivity contribution < 1.29 is 9.53 Å². The van der Waals surface area contributed by atoms with Gasteiger partial charge >= 0.3 is 5.97 Å². The molecule has 19 heavy (non-hydrogen) atoms. The van der Waals surface area contributed by atoms with Gasteiger partial charge in [-0.3, -0.25) is 9.78 Å². The van der Waals surface area contributed by atoms with Crippen LogP contribution >= 0.6 is 0 Å². The number of methoxy groups -OCH3 is 1. The molecule has 0 saturated carbocycles. The zero-order valence-electron chi connectivity index (χ0n) is 10.7. The number of pyridine rings is 1. The van der Waals surface area contributed by atoms with Gasteiger partial charge in [-0.1, -0.05) is 24.3 Å². The summed E-state index contributed by atoms with van der Waals surface area (Å²) in [5.41, 5.74) is 0.689. The van der Waals surface area contributed by atoms with Gasteiger partial charge in [0.1, 0.15) is 5.92 Å². The molecule has 0 N–H and O–H groups in total. The molecule has 2 rings (SSSR count). The Morgan fingerprint density at radius 2 is 2.21 bits per heavy atom. The quantitative estimate of drug-likeness (QED) is 0.622. The average Bonchev–Trinajstić information content (AvgIpc) is 2.47. The van der Waals surface area contributed by atoms with E-state index in [4.69, 9.17) is 11.3 Å². The third-order valence-corrected chi connectivity index (χ3v) is 3.05. The standard InChI is InChI=1S/C15H14N2O2/c1-16-9-8-13(15(18)19-2)14-12-6-4-3-5-11(12)7-10-17-14/h3-7,10,13H,8-9H2,2H3. The third-order valence-electron chi connectivity index (χ3n) is 3.05. The fourth-order valence-electron chi connectivity index (χ4n) is 2.12. The number of hydrogen-bond acceptors (Lipinski definition) is 3. The summed E-state index contributed by atoms with van der Waals surface area (Å²) in [6.45, 7) is 7.15. The zero-order chi connectivity index (χ0) is 13.7. The lowest BCUT2D eigenvalue weighted by Gasteiger charge is -2.13. The van der Waals surface area contributed by atoms with Gasteiger partial charge in [-0.05, 0) is 11.5 Å². The highest BCUT2D eigenvalue weighted by atomic mass is 16.5. The number of rotatable bonds is 4. The number of esters is 1. The van der Waals surface area contributed by atoms with Crippen LogP contribution in [-0.2, 0) is 9.53 Å². The first-order valence-corrected chi connectivity index (χ1v) is 6.02. The Morgan fingerprint density at radius 3 is 2.95 bits per heavy atom. The monoisotopic (exact) mass is 254 g/mol. The number of aromatic nitrogens is 1. The van der Waals surface area contributed by atoms with Gasteiger partial charge in [0.25, 0.3) is 0 Å². The number of hydrogen-bond donors (Lipinski definition) is 0. The van der Waals surface area contributed by atoms with E-state index in [1.807, 2.05) is 30.3 Å². The van der Waals surface area contributed by atoms with E-state index in [-0.39, 0.29) is 12.5 Å². The summed E-state index contributed by atoms with van der Waals surface area (Å²) in [6, 6.07) is 9.67. The van der Waals surface area contributed by atoms with Crippen LogP contribution in [0.5, 0.6) is 0 Å². The summed E-state index contributed by atoms with van der Waals surface area (Å²) < 4.78 is 4.83. The van der Waals surface area contributed by atoms with Crippen LogP contribution in [0.1, 0.15) is 18.0 Å². The fourth-order valence-corrected chi connectivity index (χ4v) is 2.12. The Hall–Kier alpha value is -2.41. The Balaban J connectivity index is 2.49. The van der Waals surface area contributed by atoms with Crippen molar-refractivity contribution in [1.29, 1.82) is 0 Å². The molecule has 0 fully saturated rings. The van der Waals surface area contributed by atoms with Gasteiger partial charge in [0.15, 0.2) is 0 Å². The lowest BCUT2D eigenvalue weighted by atomic mass is 9.96. The van der Waals surface area contributed by atoms with Gasteiger partial charge in [0, 0.05) is 18.0 Å². The molecule has 0 spiro atoms. The minimum absolute atomic E-state index is 0.282. The SMILES string of the molecule is [C-]#[N+]CCC(C(=O)OC)c1nccc2ccccc12. The summed E-state index contributed by atoms with van der Waals surface area (Å²) >= 11 is 0. The van der Waals surface area contributed by atoms with E-state index < -0.39 is 5.92 Å². The first kappa shape index (κ1) is 13.0. The highest BCUT2D eigenvalue weighted by Crippen LogP contribution is 2.27. The molecule has 0 aliphatic rings. The number of ether oxygens (including phenoxy) is 1.